The summed E-state index contributed by atoms with van der Waals surface area (Å²) in [5, 5.41) is 13.8. The van der Waals surface area contributed by atoms with Gasteiger partial charge in [0.15, 0.2) is 0 Å². The number of likely N-dealkylation sites (tertiary alicyclic amines) is 1. The highest BCUT2D eigenvalue weighted by Crippen LogP contribution is 2.56. The largest absolute Gasteiger partial charge is 0.322 e. The molecule has 204 valence electrons. The zero-order chi connectivity index (χ0) is 28.5. The molecule has 3 aromatic rings. The molecule has 2 amide bonds. The Morgan fingerprint density at radius 1 is 1.15 bits per heavy atom. The molecule has 0 aromatic heterocycles. The molecule has 4 rings (SSSR count). The molecule has 4 nitrogen and oxygen atoms in total. The first-order valence-electron chi connectivity index (χ1n) is 12.4. The summed E-state index contributed by atoms with van der Waals surface area (Å²) in [4.78, 5) is 16.3. The summed E-state index contributed by atoms with van der Waals surface area (Å²) in [6.07, 6.45) is 2.39. The summed E-state index contributed by atoms with van der Waals surface area (Å²) in [5.74, 6) is -1.98. The molecule has 3 atom stereocenters. The van der Waals surface area contributed by atoms with Gasteiger partial charge in [0, 0.05) is 39.2 Å². The molecular weight excluding hydrogens is 559 g/mol. The molecule has 0 saturated carbocycles. The fraction of sp³-hybridized carbons (Fsp3) is 0.333. The van der Waals surface area contributed by atoms with Gasteiger partial charge in [0.25, 0.3) is 0 Å². The van der Waals surface area contributed by atoms with Crippen LogP contribution in [0.3, 0.4) is 0 Å². The van der Waals surface area contributed by atoms with E-state index in [1.807, 2.05) is 45.2 Å². The maximum Gasteiger partial charge on any atom is 0.322 e. The Hall–Kier alpha value is -2.79. The van der Waals surface area contributed by atoms with Crippen LogP contribution in [0.15, 0.2) is 65.6 Å². The van der Waals surface area contributed by atoms with Crippen LogP contribution in [-0.2, 0) is 5.41 Å². The van der Waals surface area contributed by atoms with Crippen LogP contribution in [0.2, 0.25) is 10.0 Å². The highest BCUT2D eigenvalue weighted by molar-refractivity contribution is 7.98. The lowest BCUT2D eigenvalue weighted by Gasteiger charge is -2.38. The lowest BCUT2D eigenvalue weighted by Crippen LogP contribution is -2.42. The third-order valence-electron chi connectivity index (χ3n) is 7.08. The van der Waals surface area contributed by atoms with Gasteiger partial charge in [-0.3, -0.25) is 0 Å². The summed E-state index contributed by atoms with van der Waals surface area (Å²) < 4.78 is 31.4. The second kappa shape index (κ2) is 11.4. The number of halogens is 4. The van der Waals surface area contributed by atoms with Crippen molar-refractivity contribution in [1.82, 2.24) is 4.90 Å². The van der Waals surface area contributed by atoms with Crippen molar-refractivity contribution in [2.75, 3.05) is 18.1 Å². The Balaban J connectivity index is 1.95. The first-order chi connectivity index (χ1) is 18.4. The Labute approximate surface area is 242 Å². The highest BCUT2D eigenvalue weighted by Gasteiger charge is 2.60. The van der Waals surface area contributed by atoms with E-state index in [0.717, 1.165) is 11.0 Å². The first-order valence-corrected chi connectivity index (χ1v) is 14.4. The Kier molecular flexibility index (Phi) is 8.51. The number of hydrogen-bond donors (Lipinski definition) is 1. The van der Waals surface area contributed by atoms with Gasteiger partial charge in [0.1, 0.15) is 17.0 Å². The van der Waals surface area contributed by atoms with Crippen molar-refractivity contribution in [3.63, 3.8) is 0 Å². The molecule has 1 saturated heterocycles. The molecule has 1 fully saturated rings. The van der Waals surface area contributed by atoms with E-state index < -0.39 is 35.0 Å². The molecule has 1 aliphatic rings. The monoisotopic (exact) mass is 587 g/mol. The minimum absolute atomic E-state index is 0.0443. The number of anilines is 1. The predicted molar refractivity (Wildman–Crippen MR) is 154 cm³/mol. The van der Waals surface area contributed by atoms with Crippen molar-refractivity contribution in [1.29, 1.82) is 5.26 Å². The number of nitriles is 1. The van der Waals surface area contributed by atoms with E-state index in [2.05, 4.69) is 11.4 Å². The topological polar surface area (TPSA) is 56.1 Å². The molecule has 0 aliphatic carbocycles. The zero-order valence-corrected chi connectivity index (χ0v) is 24.4. The van der Waals surface area contributed by atoms with Crippen LogP contribution in [-0.4, -0.2) is 23.7 Å². The average Bonchev–Trinajstić information content (AvgIpc) is 3.18. The van der Waals surface area contributed by atoms with Gasteiger partial charge in [-0.1, -0.05) is 68.2 Å². The van der Waals surface area contributed by atoms with Crippen LogP contribution in [0.5, 0.6) is 0 Å². The zero-order valence-electron chi connectivity index (χ0n) is 22.1. The van der Waals surface area contributed by atoms with Crippen LogP contribution in [0.4, 0.5) is 19.3 Å². The molecule has 1 aliphatic heterocycles. The van der Waals surface area contributed by atoms with Gasteiger partial charge in [-0.2, -0.15) is 5.26 Å². The molecule has 3 unspecified atom stereocenters. The number of urea groups is 1. The fourth-order valence-corrected chi connectivity index (χ4v) is 6.37. The van der Waals surface area contributed by atoms with Crippen molar-refractivity contribution in [3.8, 4) is 6.07 Å². The Bertz CT molecular complexity index is 1440. The van der Waals surface area contributed by atoms with Crippen molar-refractivity contribution >= 4 is 46.7 Å². The maximum atomic E-state index is 15.7. The first kappa shape index (κ1) is 29.2. The van der Waals surface area contributed by atoms with Gasteiger partial charge in [0.05, 0.1) is 17.1 Å². The third-order valence-corrected chi connectivity index (χ3v) is 8.33. The van der Waals surface area contributed by atoms with Gasteiger partial charge >= 0.3 is 6.03 Å². The molecular formula is C30H29Cl2F2N3OS. The van der Waals surface area contributed by atoms with Crippen molar-refractivity contribution in [2.24, 2.45) is 11.3 Å². The normalized spacial score (nSPS) is 21.1. The van der Waals surface area contributed by atoms with Gasteiger partial charge in [-0.25, -0.2) is 13.6 Å². The Morgan fingerprint density at radius 2 is 1.87 bits per heavy atom. The quantitative estimate of drug-likeness (QED) is 0.303. The number of nitrogens with one attached hydrogen (secondary N) is 1. The number of carbonyl (C=O) groups is 1. The molecule has 1 N–H and O–H groups in total. The minimum atomic E-state index is -1.63. The number of benzene rings is 3. The smallest absolute Gasteiger partial charge is 0.315 e. The van der Waals surface area contributed by atoms with Crippen molar-refractivity contribution < 1.29 is 13.6 Å². The van der Waals surface area contributed by atoms with Gasteiger partial charge < -0.3 is 10.2 Å². The lowest BCUT2D eigenvalue weighted by atomic mass is 9.63. The fourth-order valence-electron chi connectivity index (χ4n) is 5.57. The van der Waals surface area contributed by atoms with Crippen LogP contribution in [0, 0.1) is 34.3 Å². The third kappa shape index (κ3) is 5.75. The van der Waals surface area contributed by atoms with Crippen LogP contribution < -0.4 is 5.32 Å². The van der Waals surface area contributed by atoms with E-state index in [1.54, 1.807) is 12.1 Å². The van der Waals surface area contributed by atoms with Crippen molar-refractivity contribution in [2.45, 2.75) is 43.5 Å². The minimum Gasteiger partial charge on any atom is -0.315 e. The van der Waals surface area contributed by atoms with Crippen molar-refractivity contribution in [3.05, 3.63) is 93.5 Å². The second-order valence-corrected chi connectivity index (χ2v) is 12.7. The molecule has 3 aromatic carbocycles. The summed E-state index contributed by atoms with van der Waals surface area (Å²) in [6, 6.07) is 16.6. The number of hydrogen-bond acceptors (Lipinski definition) is 3. The molecule has 0 bridgehead atoms. The molecule has 9 heteroatoms. The average molecular weight is 589 g/mol. The van der Waals surface area contributed by atoms with Crippen LogP contribution >= 0.6 is 35.0 Å². The number of carbonyl (C=O) groups excluding carboxylic acids is 1. The summed E-state index contributed by atoms with van der Waals surface area (Å²) in [7, 11) is 0. The second-order valence-electron chi connectivity index (χ2n) is 10.9. The maximum absolute atomic E-state index is 15.7. The number of thioether (sulfide) groups is 1. The van der Waals surface area contributed by atoms with E-state index in [0.29, 0.717) is 12.1 Å². The van der Waals surface area contributed by atoms with Crippen LogP contribution in [0.25, 0.3) is 0 Å². The molecule has 0 radical (unpaired) electrons. The molecule has 1 heterocycles. The number of nitrogens with zero attached hydrogens (tertiary/aromatic N) is 2. The van der Waals surface area contributed by atoms with E-state index in [1.165, 1.54) is 40.9 Å². The predicted octanol–water partition coefficient (Wildman–Crippen LogP) is 9.10. The summed E-state index contributed by atoms with van der Waals surface area (Å²) in [5.41, 5.74) is -1.26. The van der Waals surface area contributed by atoms with E-state index in [9.17, 15) is 10.1 Å². The molecule has 39 heavy (non-hydrogen) atoms. The van der Waals surface area contributed by atoms with E-state index >= 15 is 8.78 Å². The Morgan fingerprint density at radius 3 is 2.51 bits per heavy atom. The summed E-state index contributed by atoms with van der Waals surface area (Å²) >= 11 is 13.8. The number of rotatable bonds is 5. The SMILES string of the molecule is CSc1cccc(NC(=O)N2CC(CC(C)(C)C)C(C#N)(c3ccc(Cl)cc3F)C2c2cccc(Cl)c2F)c1. The standard InChI is InChI=1S/C30H29Cl2F2N3OS/c1-29(2,3)15-18-16-37(28(38)36-20-7-5-8-21(14-20)39-4)27(22-9-6-10-24(32)26(22)34)30(18,17-35)23-12-11-19(31)13-25(23)33/h5-14,18,27H,15-16H2,1-4H3,(H,36,38). The van der Waals surface area contributed by atoms with Gasteiger partial charge in [0.2, 0.25) is 0 Å². The van der Waals surface area contributed by atoms with E-state index in [-0.39, 0.29) is 33.1 Å². The summed E-state index contributed by atoms with van der Waals surface area (Å²) in [6.45, 7) is 6.13. The number of amides is 2. The van der Waals surface area contributed by atoms with Gasteiger partial charge in [-0.15, -0.1) is 11.8 Å². The molecule has 0 spiro atoms. The van der Waals surface area contributed by atoms with E-state index in [4.69, 9.17) is 23.2 Å². The van der Waals surface area contributed by atoms with Crippen LogP contribution in [0.1, 0.15) is 44.4 Å². The van der Waals surface area contributed by atoms with Gasteiger partial charge in [-0.05, 0) is 54.5 Å². The lowest BCUT2D eigenvalue weighted by molar-refractivity contribution is 0.198. The highest BCUT2D eigenvalue weighted by atomic mass is 35.5.